The first kappa shape index (κ1) is 18.8. The van der Waals surface area contributed by atoms with Crippen molar-refractivity contribution in [3.8, 4) is 5.75 Å². The summed E-state index contributed by atoms with van der Waals surface area (Å²) in [7, 11) is -2.25. The van der Waals surface area contributed by atoms with Crippen LogP contribution in [-0.4, -0.2) is 36.6 Å². The van der Waals surface area contributed by atoms with Crippen molar-refractivity contribution in [2.45, 2.75) is 31.8 Å². The SMILES string of the molecule is Cn1cccc1CN[C@@H]1CCc2cc(O)c(N3CC(=O)NS3(=O)=O)c(F)c2C1. The number of rotatable bonds is 4. The van der Waals surface area contributed by atoms with Crippen LogP contribution >= 0.6 is 0 Å². The van der Waals surface area contributed by atoms with Crippen LogP contribution in [0.25, 0.3) is 0 Å². The van der Waals surface area contributed by atoms with Crippen LogP contribution in [0.4, 0.5) is 10.1 Å². The maximum Gasteiger partial charge on any atom is 0.326 e. The van der Waals surface area contributed by atoms with Gasteiger partial charge in [0.1, 0.15) is 18.0 Å². The summed E-state index contributed by atoms with van der Waals surface area (Å²) in [6.45, 7) is 0.0791. The molecule has 150 valence electrons. The van der Waals surface area contributed by atoms with Crippen LogP contribution in [-0.2, 0) is 41.4 Å². The molecule has 1 atom stereocenters. The smallest absolute Gasteiger partial charge is 0.326 e. The highest BCUT2D eigenvalue weighted by atomic mass is 32.2. The molecule has 0 spiro atoms. The van der Waals surface area contributed by atoms with Gasteiger partial charge in [-0.3, -0.25) is 4.79 Å². The van der Waals surface area contributed by atoms with Gasteiger partial charge in [-0.2, -0.15) is 8.42 Å². The van der Waals surface area contributed by atoms with Crippen molar-refractivity contribution in [2.75, 3.05) is 10.8 Å². The minimum absolute atomic E-state index is 0.0178. The molecule has 1 saturated heterocycles. The average Bonchev–Trinajstić information content (AvgIpc) is 3.15. The maximum absolute atomic E-state index is 15.3. The maximum atomic E-state index is 15.3. The number of aromatic nitrogens is 1. The van der Waals surface area contributed by atoms with E-state index in [2.05, 4.69) is 5.32 Å². The Morgan fingerprint density at radius 3 is 2.86 bits per heavy atom. The number of carbonyl (C=O) groups is 1. The molecule has 2 heterocycles. The van der Waals surface area contributed by atoms with Crippen LogP contribution in [0.1, 0.15) is 23.2 Å². The summed E-state index contributed by atoms with van der Waals surface area (Å²) in [5.74, 6) is -2.04. The van der Waals surface area contributed by atoms with Gasteiger partial charge in [0.15, 0.2) is 5.82 Å². The van der Waals surface area contributed by atoms with Crippen molar-refractivity contribution in [2.24, 2.45) is 7.05 Å². The molecule has 2 aromatic rings. The fourth-order valence-corrected chi connectivity index (χ4v) is 4.99. The van der Waals surface area contributed by atoms with Gasteiger partial charge >= 0.3 is 10.2 Å². The Hall–Kier alpha value is -2.59. The number of nitrogens with zero attached hydrogens (tertiary/aromatic N) is 2. The molecule has 1 fully saturated rings. The topological polar surface area (TPSA) is 104 Å². The summed E-state index contributed by atoms with van der Waals surface area (Å²) < 4.78 is 43.8. The van der Waals surface area contributed by atoms with E-state index >= 15 is 4.39 Å². The normalized spacial score (nSPS) is 20.9. The molecule has 2 aliphatic rings. The first-order valence-corrected chi connectivity index (χ1v) is 10.4. The highest BCUT2D eigenvalue weighted by Crippen LogP contribution is 2.39. The largest absolute Gasteiger partial charge is 0.506 e. The average molecular weight is 408 g/mol. The molecule has 10 heteroatoms. The lowest BCUT2D eigenvalue weighted by molar-refractivity contribution is -0.117. The zero-order chi connectivity index (χ0) is 20.1. The zero-order valence-electron chi connectivity index (χ0n) is 15.3. The van der Waals surface area contributed by atoms with Gasteiger partial charge in [-0.15, -0.1) is 0 Å². The molecule has 1 aromatic heterocycles. The molecular formula is C18H21FN4O4S. The van der Waals surface area contributed by atoms with Crippen molar-refractivity contribution in [3.63, 3.8) is 0 Å². The van der Waals surface area contributed by atoms with Crippen LogP contribution in [0.2, 0.25) is 0 Å². The van der Waals surface area contributed by atoms with Crippen molar-refractivity contribution in [1.29, 1.82) is 0 Å². The molecule has 1 aromatic carbocycles. The van der Waals surface area contributed by atoms with Crippen LogP contribution in [0.5, 0.6) is 5.75 Å². The van der Waals surface area contributed by atoms with Gasteiger partial charge < -0.3 is 15.0 Å². The summed E-state index contributed by atoms with van der Waals surface area (Å²) in [6, 6.07) is 5.37. The van der Waals surface area contributed by atoms with Gasteiger partial charge in [0.05, 0.1) is 0 Å². The number of hydrogen-bond acceptors (Lipinski definition) is 5. The van der Waals surface area contributed by atoms with Crippen molar-refractivity contribution < 1.29 is 22.7 Å². The number of amides is 1. The third-order valence-corrected chi connectivity index (χ3v) is 6.70. The number of aromatic hydroxyl groups is 1. The third-order valence-electron chi connectivity index (χ3n) is 5.32. The van der Waals surface area contributed by atoms with E-state index in [1.165, 1.54) is 6.07 Å². The van der Waals surface area contributed by atoms with Crippen molar-refractivity contribution in [1.82, 2.24) is 14.6 Å². The molecule has 0 radical (unpaired) electrons. The highest BCUT2D eigenvalue weighted by molar-refractivity contribution is 7.92. The Bertz CT molecular complexity index is 1050. The number of halogens is 1. The molecule has 28 heavy (non-hydrogen) atoms. The van der Waals surface area contributed by atoms with Crippen LogP contribution in [0.3, 0.4) is 0 Å². The summed E-state index contributed by atoms with van der Waals surface area (Å²) >= 11 is 0. The number of carbonyl (C=O) groups excluding carboxylic acids is 1. The third kappa shape index (κ3) is 3.22. The summed E-state index contributed by atoms with van der Waals surface area (Å²) in [5.41, 5.74) is 1.66. The summed E-state index contributed by atoms with van der Waals surface area (Å²) in [5, 5.41) is 13.7. The minimum Gasteiger partial charge on any atom is -0.506 e. The molecule has 0 bridgehead atoms. The second kappa shape index (κ2) is 6.78. The Balaban J connectivity index is 1.61. The number of aryl methyl sites for hydroxylation is 2. The summed E-state index contributed by atoms with van der Waals surface area (Å²) in [6.07, 6.45) is 3.66. The van der Waals surface area contributed by atoms with Gasteiger partial charge in [0.25, 0.3) is 5.91 Å². The number of phenolic OH excluding ortho intramolecular Hbond substituents is 1. The molecule has 1 amide bonds. The Labute approximate surface area is 162 Å². The van der Waals surface area contributed by atoms with Crippen LogP contribution in [0.15, 0.2) is 24.4 Å². The molecule has 0 unspecified atom stereocenters. The number of phenols is 1. The highest BCUT2D eigenvalue weighted by Gasteiger charge is 2.39. The first-order valence-electron chi connectivity index (χ1n) is 8.96. The van der Waals surface area contributed by atoms with Crippen molar-refractivity contribution >= 4 is 21.8 Å². The van der Waals surface area contributed by atoms with Gasteiger partial charge in [0.2, 0.25) is 0 Å². The number of benzene rings is 1. The second-order valence-corrected chi connectivity index (χ2v) is 8.76. The lowest BCUT2D eigenvalue weighted by Crippen LogP contribution is -2.36. The van der Waals surface area contributed by atoms with E-state index in [0.717, 1.165) is 12.1 Å². The molecule has 0 saturated carbocycles. The number of nitrogens with one attached hydrogen (secondary N) is 2. The van der Waals surface area contributed by atoms with Gasteiger partial charge in [-0.1, -0.05) is 0 Å². The standard InChI is InChI=1S/C18H21FN4O4S/c1-22-6-2-3-13(22)9-20-12-5-4-11-7-15(24)18(17(19)14(11)8-12)23-10-16(25)21-28(23,26)27/h2-3,6-7,12,20,24H,4-5,8-10H2,1H3,(H,21,25)/t12-/m1/s1. The number of hydrogen-bond donors (Lipinski definition) is 3. The van der Waals surface area contributed by atoms with Crippen LogP contribution in [0, 0.1) is 5.82 Å². The molecule has 3 N–H and O–H groups in total. The molecule has 4 rings (SSSR count). The summed E-state index contributed by atoms with van der Waals surface area (Å²) in [4.78, 5) is 11.5. The molecule has 8 nitrogen and oxygen atoms in total. The lowest BCUT2D eigenvalue weighted by atomic mass is 9.87. The van der Waals surface area contributed by atoms with E-state index in [-0.39, 0.29) is 6.04 Å². The molecular weight excluding hydrogens is 387 g/mol. The Kier molecular flexibility index (Phi) is 4.54. The van der Waals surface area contributed by atoms with E-state index in [1.54, 1.807) is 4.72 Å². The van der Waals surface area contributed by atoms with Gasteiger partial charge in [-0.05, 0) is 48.6 Å². The zero-order valence-corrected chi connectivity index (χ0v) is 16.1. The quantitative estimate of drug-likeness (QED) is 0.691. The van der Waals surface area contributed by atoms with E-state index < -0.39 is 39.9 Å². The first-order chi connectivity index (χ1) is 13.3. The van der Waals surface area contributed by atoms with E-state index in [1.807, 2.05) is 29.9 Å². The van der Waals surface area contributed by atoms with E-state index in [9.17, 15) is 18.3 Å². The van der Waals surface area contributed by atoms with Gasteiger partial charge in [-0.25, -0.2) is 13.4 Å². The predicted octanol–water partition coefficient (Wildman–Crippen LogP) is 0.698. The lowest BCUT2D eigenvalue weighted by Gasteiger charge is -2.28. The fourth-order valence-electron chi connectivity index (χ4n) is 3.83. The Morgan fingerprint density at radius 2 is 2.21 bits per heavy atom. The van der Waals surface area contributed by atoms with Crippen LogP contribution < -0.4 is 14.3 Å². The van der Waals surface area contributed by atoms with E-state index in [4.69, 9.17) is 0 Å². The van der Waals surface area contributed by atoms with Crippen molar-refractivity contribution in [3.05, 3.63) is 47.0 Å². The number of anilines is 1. The predicted molar refractivity (Wildman–Crippen MR) is 101 cm³/mol. The Morgan fingerprint density at radius 1 is 1.43 bits per heavy atom. The second-order valence-electron chi connectivity index (χ2n) is 7.16. The minimum atomic E-state index is -4.20. The monoisotopic (exact) mass is 408 g/mol. The van der Waals surface area contributed by atoms with Gasteiger partial charge in [0, 0.05) is 31.5 Å². The molecule has 1 aliphatic carbocycles. The van der Waals surface area contributed by atoms with E-state index in [0.29, 0.717) is 34.8 Å². The number of fused-ring (bicyclic) bond motifs is 1. The molecule has 1 aliphatic heterocycles. The fraction of sp³-hybridized carbons (Fsp3) is 0.389.